The van der Waals surface area contributed by atoms with Gasteiger partial charge in [-0.15, -0.1) is 0 Å². The van der Waals surface area contributed by atoms with Crippen molar-refractivity contribution >= 4 is 12.6 Å². The summed E-state index contributed by atoms with van der Waals surface area (Å²) < 4.78 is 0. The van der Waals surface area contributed by atoms with Crippen LogP contribution in [-0.2, 0) is 9.59 Å². The van der Waals surface area contributed by atoms with Gasteiger partial charge in [0.05, 0.1) is 11.2 Å². The fourth-order valence-electron chi connectivity index (χ4n) is 4.71. The fourth-order valence-corrected chi connectivity index (χ4v) is 4.71. The second-order valence-corrected chi connectivity index (χ2v) is 10.5. The minimum atomic E-state index is -0.558. The zero-order valence-electron chi connectivity index (χ0n) is 19.7. The van der Waals surface area contributed by atoms with Crippen molar-refractivity contribution in [2.75, 3.05) is 0 Å². The zero-order valence-corrected chi connectivity index (χ0v) is 19.7. The Labute approximate surface area is 183 Å². The summed E-state index contributed by atoms with van der Waals surface area (Å²) >= 11 is 0. The van der Waals surface area contributed by atoms with Crippen LogP contribution in [0.4, 0.5) is 0 Å². The molecule has 172 valence electrons. The van der Waals surface area contributed by atoms with Crippen LogP contribution in [0.25, 0.3) is 0 Å². The Morgan fingerprint density at radius 3 is 1.93 bits per heavy atom. The number of carbonyl (C=O) groups excluding carboxylic acids is 2. The van der Waals surface area contributed by atoms with Crippen molar-refractivity contribution in [3.63, 3.8) is 0 Å². The predicted molar refractivity (Wildman–Crippen MR) is 123 cm³/mol. The van der Waals surface area contributed by atoms with E-state index in [-0.39, 0.29) is 0 Å². The summed E-state index contributed by atoms with van der Waals surface area (Å²) in [5, 5.41) is 19.5. The van der Waals surface area contributed by atoms with Crippen molar-refractivity contribution in [1.29, 1.82) is 0 Å². The van der Waals surface area contributed by atoms with Crippen molar-refractivity contribution in [1.82, 2.24) is 0 Å². The highest BCUT2D eigenvalue weighted by Crippen LogP contribution is 2.32. The van der Waals surface area contributed by atoms with E-state index in [1.807, 2.05) is 27.7 Å². The molecule has 2 unspecified atom stereocenters. The number of carbonyl (C=O) groups is 2. The molecule has 2 aliphatic rings. The average molecular weight is 421 g/mol. The summed E-state index contributed by atoms with van der Waals surface area (Å²) in [4.78, 5) is 20.5. The average Bonchev–Trinajstić information content (AvgIpc) is 2.64. The van der Waals surface area contributed by atoms with Crippen LogP contribution in [0.3, 0.4) is 0 Å². The highest BCUT2D eigenvalue weighted by molar-refractivity contribution is 5.50. The van der Waals surface area contributed by atoms with E-state index in [2.05, 4.69) is 12.2 Å². The fraction of sp³-hybridized carbons (Fsp3) is 0.769. The minimum absolute atomic E-state index is 0.543. The molecule has 2 N–H and O–H groups in total. The van der Waals surface area contributed by atoms with Crippen LogP contribution in [0.1, 0.15) is 105 Å². The third kappa shape index (κ3) is 13.1. The highest BCUT2D eigenvalue weighted by atomic mass is 16.3. The third-order valence-corrected chi connectivity index (χ3v) is 5.92. The first-order chi connectivity index (χ1) is 14.0. The molecule has 0 spiro atoms. The maximum absolute atomic E-state index is 10.3. The van der Waals surface area contributed by atoms with Gasteiger partial charge in [-0.3, -0.25) is 0 Å². The van der Waals surface area contributed by atoms with Crippen LogP contribution in [0.5, 0.6) is 0 Å². The van der Waals surface area contributed by atoms with Gasteiger partial charge < -0.3 is 19.8 Å². The van der Waals surface area contributed by atoms with Crippen molar-refractivity contribution in [2.45, 2.75) is 116 Å². The number of aldehydes is 2. The molecule has 2 atom stereocenters. The van der Waals surface area contributed by atoms with Gasteiger partial charge in [-0.05, 0) is 104 Å². The molecule has 0 amide bonds. The Balaban J connectivity index is 0.000000300. The van der Waals surface area contributed by atoms with Gasteiger partial charge in [0.15, 0.2) is 0 Å². The molecular weight excluding hydrogens is 376 g/mol. The first-order valence-corrected chi connectivity index (χ1v) is 11.7. The molecule has 0 aromatic heterocycles. The lowest BCUT2D eigenvalue weighted by Crippen LogP contribution is -2.24. The summed E-state index contributed by atoms with van der Waals surface area (Å²) in [7, 11) is 0. The molecule has 4 heteroatoms. The zero-order chi connectivity index (χ0) is 22.6. The topological polar surface area (TPSA) is 74.6 Å². The largest absolute Gasteiger partial charge is 0.390 e. The molecule has 0 bridgehead atoms. The third-order valence-electron chi connectivity index (χ3n) is 5.92. The molecule has 0 saturated heterocycles. The SMILES string of the molecule is CC(C)(O)CC1CC=C(CCC=O)CC1.CC(C)(O)CC1CCC=C(CCC=O)C1. The lowest BCUT2D eigenvalue weighted by atomic mass is 9.81. The van der Waals surface area contributed by atoms with Gasteiger partial charge in [-0.1, -0.05) is 23.3 Å². The van der Waals surface area contributed by atoms with E-state index in [1.54, 1.807) is 0 Å². The molecule has 0 heterocycles. The summed E-state index contributed by atoms with van der Waals surface area (Å²) in [5.41, 5.74) is 1.73. The molecule has 2 aliphatic carbocycles. The van der Waals surface area contributed by atoms with E-state index in [9.17, 15) is 19.8 Å². The predicted octanol–water partition coefficient (Wildman–Crippen LogP) is 5.71. The number of hydrogen-bond donors (Lipinski definition) is 2. The maximum atomic E-state index is 10.3. The van der Waals surface area contributed by atoms with E-state index in [1.165, 1.54) is 17.6 Å². The second kappa shape index (κ2) is 13.2. The van der Waals surface area contributed by atoms with Gasteiger partial charge in [-0.25, -0.2) is 0 Å². The van der Waals surface area contributed by atoms with E-state index >= 15 is 0 Å². The van der Waals surface area contributed by atoms with E-state index in [4.69, 9.17) is 0 Å². The molecule has 0 radical (unpaired) electrons. The number of hydrogen-bond acceptors (Lipinski definition) is 4. The first kappa shape index (κ1) is 26.8. The highest BCUT2D eigenvalue weighted by Gasteiger charge is 2.23. The molecule has 2 rings (SSSR count). The van der Waals surface area contributed by atoms with Gasteiger partial charge in [-0.2, -0.15) is 0 Å². The lowest BCUT2D eigenvalue weighted by molar-refractivity contribution is -0.108. The molecule has 0 aromatic rings. The standard InChI is InChI=1S/2C13H22O2/c1-13(2,15)10-12-6-3-5-11(9-12)7-4-8-14;1-13(2,15)10-12-7-5-11(6-8-12)4-3-9-14/h5,8,12,15H,3-4,6-7,9-10H2,1-2H3;5,9,12,15H,3-4,6-8,10H2,1-2H3. The molecule has 0 aliphatic heterocycles. The van der Waals surface area contributed by atoms with Crippen LogP contribution in [0, 0.1) is 11.8 Å². The second-order valence-electron chi connectivity index (χ2n) is 10.5. The molecule has 30 heavy (non-hydrogen) atoms. The van der Waals surface area contributed by atoms with Gasteiger partial charge in [0, 0.05) is 12.8 Å². The summed E-state index contributed by atoms with van der Waals surface area (Å²) in [5.74, 6) is 1.21. The quantitative estimate of drug-likeness (QED) is 0.351. The van der Waals surface area contributed by atoms with Crippen LogP contribution in [0.15, 0.2) is 23.3 Å². The van der Waals surface area contributed by atoms with E-state index in [0.717, 1.165) is 70.4 Å². The van der Waals surface area contributed by atoms with Crippen molar-refractivity contribution in [3.05, 3.63) is 23.3 Å². The van der Waals surface area contributed by atoms with Crippen molar-refractivity contribution in [3.8, 4) is 0 Å². The first-order valence-electron chi connectivity index (χ1n) is 11.7. The van der Waals surface area contributed by atoms with Gasteiger partial charge in [0.25, 0.3) is 0 Å². The normalized spacial score (nSPS) is 22.3. The number of allylic oxidation sites excluding steroid dienone is 4. The summed E-state index contributed by atoms with van der Waals surface area (Å²) in [6, 6.07) is 0. The maximum Gasteiger partial charge on any atom is 0.120 e. The van der Waals surface area contributed by atoms with Crippen molar-refractivity contribution in [2.24, 2.45) is 11.8 Å². The smallest absolute Gasteiger partial charge is 0.120 e. The Morgan fingerprint density at radius 2 is 1.43 bits per heavy atom. The monoisotopic (exact) mass is 420 g/mol. The van der Waals surface area contributed by atoms with Gasteiger partial charge in [0.1, 0.15) is 12.6 Å². The van der Waals surface area contributed by atoms with Crippen LogP contribution in [-0.4, -0.2) is 34.0 Å². The van der Waals surface area contributed by atoms with Gasteiger partial charge >= 0.3 is 0 Å². The Kier molecular flexibility index (Phi) is 11.8. The van der Waals surface area contributed by atoms with Crippen molar-refractivity contribution < 1.29 is 19.8 Å². The van der Waals surface area contributed by atoms with Crippen LogP contribution >= 0.6 is 0 Å². The van der Waals surface area contributed by atoms with Gasteiger partial charge in [0.2, 0.25) is 0 Å². The molecular formula is C26H44O4. The number of rotatable bonds is 10. The Morgan fingerprint density at radius 1 is 0.867 bits per heavy atom. The van der Waals surface area contributed by atoms with Crippen LogP contribution < -0.4 is 0 Å². The van der Waals surface area contributed by atoms with E-state index in [0.29, 0.717) is 24.7 Å². The minimum Gasteiger partial charge on any atom is -0.390 e. The van der Waals surface area contributed by atoms with Crippen LogP contribution in [0.2, 0.25) is 0 Å². The van der Waals surface area contributed by atoms with E-state index < -0.39 is 11.2 Å². The summed E-state index contributed by atoms with van der Waals surface area (Å²) in [6.45, 7) is 7.49. The lowest BCUT2D eigenvalue weighted by Gasteiger charge is -2.28. The Hall–Kier alpha value is -1.26. The molecule has 0 saturated carbocycles. The molecule has 0 aromatic carbocycles. The molecule has 4 nitrogen and oxygen atoms in total. The molecule has 0 fully saturated rings. The number of aliphatic hydroxyl groups is 2. The Bertz CT molecular complexity index is 575. The summed E-state index contributed by atoms with van der Waals surface area (Å²) in [6.07, 6.45) is 18.1.